The molecule has 0 saturated carbocycles. The zero-order valence-electron chi connectivity index (χ0n) is 9.42. The molecule has 1 heterocycles. The maximum absolute atomic E-state index is 12.0. The van der Waals surface area contributed by atoms with Crippen LogP contribution in [0.1, 0.15) is 16.8 Å². The first-order valence-corrected chi connectivity index (χ1v) is 5.28. The highest BCUT2D eigenvalue weighted by Crippen LogP contribution is 2.17. The minimum Gasteiger partial charge on any atom is -0.497 e. The Bertz CT molecular complexity index is 440. The fourth-order valence-electron chi connectivity index (χ4n) is 1.77. The van der Waals surface area contributed by atoms with Crippen molar-refractivity contribution in [1.82, 2.24) is 4.90 Å². The lowest BCUT2D eigenvalue weighted by Gasteiger charge is -2.13. The smallest absolute Gasteiger partial charge is 0.260 e. The van der Waals surface area contributed by atoms with Gasteiger partial charge in [-0.3, -0.25) is 14.5 Å². The zero-order chi connectivity index (χ0) is 12.4. The molecule has 1 aromatic carbocycles. The molecule has 0 bridgehead atoms. The van der Waals surface area contributed by atoms with Gasteiger partial charge in [-0.1, -0.05) is 0 Å². The highest BCUT2D eigenvalue weighted by molar-refractivity contribution is 6.05. The average molecular weight is 235 g/mol. The third-order valence-corrected chi connectivity index (χ3v) is 2.69. The van der Waals surface area contributed by atoms with Gasteiger partial charge in [0, 0.05) is 5.56 Å². The van der Waals surface area contributed by atoms with Gasteiger partial charge in [-0.15, -0.1) is 0 Å². The second-order valence-corrected chi connectivity index (χ2v) is 3.90. The van der Waals surface area contributed by atoms with E-state index in [9.17, 15) is 14.7 Å². The van der Waals surface area contributed by atoms with E-state index in [0.29, 0.717) is 11.3 Å². The summed E-state index contributed by atoms with van der Waals surface area (Å²) >= 11 is 0. The van der Waals surface area contributed by atoms with Gasteiger partial charge in [0.2, 0.25) is 5.91 Å². The van der Waals surface area contributed by atoms with Crippen LogP contribution in [0.5, 0.6) is 5.75 Å². The Morgan fingerprint density at radius 3 is 2.53 bits per heavy atom. The average Bonchev–Trinajstić information content (AvgIpc) is 2.68. The van der Waals surface area contributed by atoms with E-state index in [-0.39, 0.29) is 24.8 Å². The van der Waals surface area contributed by atoms with Crippen LogP contribution in [0.15, 0.2) is 24.3 Å². The first-order valence-electron chi connectivity index (χ1n) is 5.28. The third kappa shape index (κ3) is 2.29. The molecule has 5 heteroatoms. The summed E-state index contributed by atoms with van der Waals surface area (Å²) in [6.45, 7) is 0.0731. The molecule has 1 aliphatic heterocycles. The minimum absolute atomic E-state index is 0.0158. The Morgan fingerprint density at radius 2 is 2.06 bits per heavy atom. The van der Waals surface area contributed by atoms with Gasteiger partial charge in [0.15, 0.2) is 0 Å². The molecule has 0 aromatic heterocycles. The van der Waals surface area contributed by atoms with Crippen molar-refractivity contribution in [2.45, 2.75) is 12.5 Å². The lowest BCUT2D eigenvalue weighted by Crippen LogP contribution is -2.32. The number of β-amino-alcohol motifs (C(OH)–C–C–N with tert-alkyl or cyclic N) is 1. The molecular weight excluding hydrogens is 222 g/mol. The number of hydrogen-bond acceptors (Lipinski definition) is 4. The molecule has 1 saturated heterocycles. The van der Waals surface area contributed by atoms with E-state index < -0.39 is 6.10 Å². The maximum Gasteiger partial charge on any atom is 0.260 e. The monoisotopic (exact) mass is 235 g/mol. The number of methoxy groups -OCH3 is 1. The molecule has 2 amide bonds. The Labute approximate surface area is 98.6 Å². The first-order chi connectivity index (χ1) is 8.11. The number of likely N-dealkylation sites (tertiary alicyclic amines) is 1. The quantitative estimate of drug-likeness (QED) is 0.755. The number of aliphatic hydroxyl groups is 1. The van der Waals surface area contributed by atoms with Crippen LogP contribution in [0.4, 0.5) is 0 Å². The van der Waals surface area contributed by atoms with Crippen molar-refractivity contribution in [2.24, 2.45) is 0 Å². The van der Waals surface area contributed by atoms with E-state index in [0.717, 1.165) is 4.90 Å². The summed E-state index contributed by atoms with van der Waals surface area (Å²) in [4.78, 5) is 24.5. The van der Waals surface area contributed by atoms with E-state index in [1.54, 1.807) is 24.3 Å². The molecule has 90 valence electrons. The lowest BCUT2D eigenvalue weighted by molar-refractivity contribution is -0.125. The fourth-order valence-corrected chi connectivity index (χ4v) is 1.77. The van der Waals surface area contributed by atoms with Crippen LogP contribution in [0.2, 0.25) is 0 Å². The van der Waals surface area contributed by atoms with E-state index in [1.165, 1.54) is 7.11 Å². The van der Waals surface area contributed by atoms with Gasteiger partial charge in [-0.05, 0) is 24.3 Å². The van der Waals surface area contributed by atoms with Crippen LogP contribution >= 0.6 is 0 Å². The van der Waals surface area contributed by atoms with Gasteiger partial charge < -0.3 is 9.84 Å². The highest BCUT2D eigenvalue weighted by Gasteiger charge is 2.33. The number of imide groups is 1. The van der Waals surface area contributed by atoms with Crippen molar-refractivity contribution in [3.8, 4) is 5.75 Å². The molecule has 1 N–H and O–H groups in total. The Kier molecular flexibility index (Phi) is 3.10. The molecule has 1 aromatic rings. The number of carbonyl (C=O) groups is 2. The Hall–Kier alpha value is -1.88. The van der Waals surface area contributed by atoms with Gasteiger partial charge in [-0.25, -0.2) is 0 Å². The van der Waals surface area contributed by atoms with E-state index in [4.69, 9.17) is 4.74 Å². The Morgan fingerprint density at radius 1 is 1.41 bits per heavy atom. The third-order valence-electron chi connectivity index (χ3n) is 2.69. The highest BCUT2D eigenvalue weighted by atomic mass is 16.5. The lowest BCUT2D eigenvalue weighted by atomic mass is 10.2. The number of ether oxygens (including phenoxy) is 1. The summed E-state index contributed by atoms with van der Waals surface area (Å²) in [5, 5.41) is 9.31. The molecule has 17 heavy (non-hydrogen) atoms. The first kappa shape index (κ1) is 11.6. The van der Waals surface area contributed by atoms with Crippen LogP contribution in [0, 0.1) is 0 Å². The van der Waals surface area contributed by atoms with Crippen molar-refractivity contribution < 1.29 is 19.4 Å². The van der Waals surface area contributed by atoms with Crippen molar-refractivity contribution >= 4 is 11.8 Å². The van der Waals surface area contributed by atoms with Crippen LogP contribution < -0.4 is 4.74 Å². The zero-order valence-corrected chi connectivity index (χ0v) is 9.42. The summed E-state index contributed by atoms with van der Waals surface area (Å²) in [7, 11) is 1.54. The number of carbonyl (C=O) groups excluding carboxylic acids is 2. The number of amides is 2. The predicted octanol–water partition coefficient (Wildman–Crippen LogP) is 0.429. The van der Waals surface area contributed by atoms with Gasteiger partial charge in [-0.2, -0.15) is 0 Å². The molecule has 1 fully saturated rings. The minimum atomic E-state index is -0.746. The number of hydrogen-bond donors (Lipinski definition) is 1. The molecule has 0 aliphatic carbocycles. The van der Waals surface area contributed by atoms with Crippen molar-refractivity contribution in [2.75, 3.05) is 13.7 Å². The van der Waals surface area contributed by atoms with Crippen LogP contribution in [0.25, 0.3) is 0 Å². The molecule has 0 unspecified atom stereocenters. The van der Waals surface area contributed by atoms with Gasteiger partial charge in [0.05, 0.1) is 26.2 Å². The molecule has 1 aliphatic rings. The summed E-state index contributed by atoms with van der Waals surface area (Å²) in [6.07, 6.45) is -0.730. The molecule has 2 rings (SSSR count). The molecule has 0 spiro atoms. The summed E-state index contributed by atoms with van der Waals surface area (Å²) in [5.74, 6) is -0.0677. The van der Waals surface area contributed by atoms with E-state index in [2.05, 4.69) is 0 Å². The number of rotatable bonds is 2. The summed E-state index contributed by atoms with van der Waals surface area (Å²) in [5.41, 5.74) is 0.410. The number of aliphatic hydroxyl groups excluding tert-OH is 1. The fraction of sp³-hybridized carbons (Fsp3) is 0.333. The normalized spacial score (nSPS) is 19.5. The number of nitrogens with zero attached hydrogens (tertiary/aromatic N) is 1. The predicted molar refractivity (Wildman–Crippen MR) is 59.7 cm³/mol. The SMILES string of the molecule is COc1ccc(C(=O)N2C[C@H](O)CC2=O)cc1. The second kappa shape index (κ2) is 4.55. The molecule has 5 nitrogen and oxygen atoms in total. The van der Waals surface area contributed by atoms with E-state index in [1.807, 2.05) is 0 Å². The summed E-state index contributed by atoms with van der Waals surface area (Å²) < 4.78 is 4.98. The Balaban J connectivity index is 2.16. The molecule has 0 radical (unpaired) electrons. The molecule has 1 atom stereocenters. The summed E-state index contributed by atoms with van der Waals surface area (Å²) in [6, 6.07) is 6.51. The maximum atomic E-state index is 12.0. The van der Waals surface area contributed by atoms with Gasteiger partial charge in [0.1, 0.15) is 5.75 Å². The van der Waals surface area contributed by atoms with Gasteiger partial charge >= 0.3 is 0 Å². The van der Waals surface area contributed by atoms with Crippen LogP contribution in [-0.4, -0.2) is 41.6 Å². The van der Waals surface area contributed by atoms with Crippen molar-refractivity contribution in [1.29, 1.82) is 0 Å². The largest absolute Gasteiger partial charge is 0.497 e. The van der Waals surface area contributed by atoms with Crippen LogP contribution in [0.3, 0.4) is 0 Å². The number of benzene rings is 1. The second-order valence-electron chi connectivity index (χ2n) is 3.90. The van der Waals surface area contributed by atoms with Crippen molar-refractivity contribution in [3.05, 3.63) is 29.8 Å². The van der Waals surface area contributed by atoms with Crippen molar-refractivity contribution in [3.63, 3.8) is 0 Å². The van der Waals surface area contributed by atoms with Crippen LogP contribution in [-0.2, 0) is 4.79 Å². The molecular formula is C12H13NO4. The van der Waals surface area contributed by atoms with Gasteiger partial charge in [0.25, 0.3) is 5.91 Å². The standard InChI is InChI=1S/C12H13NO4/c1-17-10-4-2-8(3-5-10)12(16)13-7-9(14)6-11(13)15/h2-5,9,14H,6-7H2,1H3/t9-/m1/s1. The topological polar surface area (TPSA) is 66.8 Å². The van der Waals surface area contributed by atoms with E-state index >= 15 is 0 Å².